The van der Waals surface area contributed by atoms with Gasteiger partial charge in [0.15, 0.2) is 0 Å². The van der Waals surface area contributed by atoms with E-state index in [-0.39, 0.29) is 5.56 Å². The third-order valence-electron chi connectivity index (χ3n) is 3.54. The quantitative estimate of drug-likeness (QED) is 0.910. The van der Waals surface area contributed by atoms with Gasteiger partial charge in [-0.2, -0.15) is 0 Å². The molecule has 0 radical (unpaired) electrons. The lowest BCUT2D eigenvalue weighted by molar-refractivity contribution is 0.691. The third kappa shape index (κ3) is 2.34. The van der Waals surface area contributed by atoms with Gasteiger partial charge in [-0.25, -0.2) is 0 Å². The Morgan fingerprint density at radius 1 is 1.16 bits per heavy atom. The van der Waals surface area contributed by atoms with Crippen LogP contribution in [0.25, 0.3) is 11.3 Å². The summed E-state index contributed by atoms with van der Waals surface area (Å²) in [5, 5.41) is 3.06. The number of pyridine rings is 1. The highest BCUT2D eigenvalue weighted by atomic mass is 16.1. The van der Waals surface area contributed by atoms with Gasteiger partial charge >= 0.3 is 0 Å². The molecular formula is C16H18N2O. The van der Waals surface area contributed by atoms with Crippen molar-refractivity contribution in [3.63, 3.8) is 0 Å². The van der Waals surface area contributed by atoms with Crippen LogP contribution < -0.4 is 10.9 Å². The number of benzene rings is 1. The summed E-state index contributed by atoms with van der Waals surface area (Å²) in [7, 11) is 1.87. The zero-order valence-corrected chi connectivity index (χ0v) is 11.1. The highest BCUT2D eigenvalue weighted by molar-refractivity contribution is 5.60. The Labute approximate surface area is 112 Å². The normalized spacial score (nSPS) is 14.6. The number of aromatic nitrogens is 1. The van der Waals surface area contributed by atoms with Gasteiger partial charge in [-0.1, -0.05) is 36.4 Å². The van der Waals surface area contributed by atoms with Crippen molar-refractivity contribution in [2.45, 2.75) is 25.4 Å². The second-order valence-electron chi connectivity index (χ2n) is 5.05. The Bertz CT molecular complexity index is 627. The van der Waals surface area contributed by atoms with Gasteiger partial charge in [-0.15, -0.1) is 0 Å². The van der Waals surface area contributed by atoms with E-state index in [0.29, 0.717) is 12.6 Å². The van der Waals surface area contributed by atoms with Crippen LogP contribution in [0.5, 0.6) is 0 Å². The summed E-state index contributed by atoms with van der Waals surface area (Å²) < 4.78 is 1.97. The van der Waals surface area contributed by atoms with Gasteiger partial charge in [0, 0.05) is 18.2 Å². The van der Waals surface area contributed by atoms with Crippen molar-refractivity contribution in [1.82, 2.24) is 9.88 Å². The molecule has 0 atom stereocenters. The number of rotatable bonds is 4. The first-order valence-corrected chi connectivity index (χ1v) is 6.75. The molecule has 1 aliphatic carbocycles. The van der Waals surface area contributed by atoms with Crippen LogP contribution in [0.2, 0.25) is 0 Å². The van der Waals surface area contributed by atoms with Gasteiger partial charge in [0.1, 0.15) is 0 Å². The van der Waals surface area contributed by atoms with Gasteiger partial charge in [0.25, 0.3) is 5.56 Å². The molecule has 1 saturated carbocycles. The van der Waals surface area contributed by atoms with E-state index in [9.17, 15) is 4.79 Å². The first-order chi connectivity index (χ1) is 9.31. The second-order valence-corrected chi connectivity index (χ2v) is 5.05. The molecule has 1 aromatic carbocycles. The molecule has 0 saturated heterocycles. The lowest BCUT2D eigenvalue weighted by atomic mass is 10.1. The molecule has 1 aromatic heterocycles. The predicted molar refractivity (Wildman–Crippen MR) is 77.2 cm³/mol. The molecule has 19 heavy (non-hydrogen) atoms. The van der Waals surface area contributed by atoms with Crippen LogP contribution in [0.4, 0.5) is 0 Å². The van der Waals surface area contributed by atoms with Crippen LogP contribution in [0.3, 0.4) is 0 Å². The minimum atomic E-state index is 0.151. The summed E-state index contributed by atoms with van der Waals surface area (Å²) >= 11 is 0. The van der Waals surface area contributed by atoms with Crippen molar-refractivity contribution in [2.75, 3.05) is 7.05 Å². The van der Waals surface area contributed by atoms with Gasteiger partial charge in [0.2, 0.25) is 0 Å². The molecular weight excluding hydrogens is 236 g/mol. The van der Waals surface area contributed by atoms with Crippen LogP contribution in [0.15, 0.2) is 47.3 Å². The van der Waals surface area contributed by atoms with Gasteiger partial charge in [-0.3, -0.25) is 4.79 Å². The summed E-state index contributed by atoms with van der Waals surface area (Å²) in [4.78, 5) is 12.6. The van der Waals surface area contributed by atoms with Crippen LogP contribution in [0.1, 0.15) is 24.4 Å². The van der Waals surface area contributed by atoms with Gasteiger partial charge < -0.3 is 9.88 Å². The van der Waals surface area contributed by atoms with E-state index in [1.54, 1.807) is 0 Å². The number of nitrogens with zero attached hydrogens (tertiary/aromatic N) is 1. The topological polar surface area (TPSA) is 34.0 Å². The summed E-state index contributed by atoms with van der Waals surface area (Å²) in [6.07, 6.45) is 2.23. The largest absolute Gasteiger partial charge is 0.315 e. The first kappa shape index (κ1) is 12.2. The van der Waals surface area contributed by atoms with Crippen molar-refractivity contribution in [3.8, 4) is 11.3 Å². The van der Waals surface area contributed by atoms with E-state index in [0.717, 1.165) is 29.7 Å². The van der Waals surface area contributed by atoms with Crippen molar-refractivity contribution in [1.29, 1.82) is 0 Å². The molecule has 0 spiro atoms. The number of hydrogen-bond acceptors (Lipinski definition) is 2. The fourth-order valence-corrected chi connectivity index (χ4v) is 2.46. The number of hydrogen-bond donors (Lipinski definition) is 1. The van der Waals surface area contributed by atoms with Crippen LogP contribution >= 0.6 is 0 Å². The van der Waals surface area contributed by atoms with E-state index in [4.69, 9.17) is 0 Å². The highest BCUT2D eigenvalue weighted by Gasteiger charge is 2.27. The molecule has 3 nitrogen and oxygen atoms in total. The van der Waals surface area contributed by atoms with Crippen molar-refractivity contribution in [2.24, 2.45) is 0 Å². The van der Waals surface area contributed by atoms with Gasteiger partial charge in [0.05, 0.1) is 5.69 Å². The monoisotopic (exact) mass is 254 g/mol. The first-order valence-electron chi connectivity index (χ1n) is 6.75. The highest BCUT2D eigenvalue weighted by Crippen LogP contribution is 2.37. The molecule has 1 aliphatic rings. The van der Waals surface area contributed by atoms with E-state index in [2.05, 4.69) is 23.5 Å². The molecule has 0 amide bonds. The lowest BCUT2D eigenvalue weighted by Gasteiger charge is -2.14. The summed E-state index contributed by atoms with van der Waals surface area (Å²) in [6, 6.07) is 14.5. The number of nitrogens with one attached hydrogen (secondary N) is 1. The van der Waals surface area contributed by atoms with E-state index >= 15 is 0 Å². The average molecular weight is 254 g/mol. The fraction of sp³-hybridized carbons (Fsp3) is 0.312. The van der Waals surface area contributed by atoms with Crippen LogP contribution in [-0.2, 0) is 6.54 Å². The van der Waals surface area contributed by atoms with Gasteiger partial charge in [-0.05, 0) is 31.5 Å². The minimum absolute atomic E-state index is 0.151. The summed E-state index contributed by atoms with van der Waals surface area (Å²) in [5.74, 6) is 0. The molecule has 98 valence electrons. The predicted octanol–water partition coefficient (Wildman–Crippen LogP) is 2.57. The molecule has 1 fully saturated rings. The Morgan fingerprint density at radius 3 is 2.53 bits per heavy atom. The molecule has 3 rings (SSSR count). The Morgan fingerprint density at radius 2 is 1.89 bits per heavy atom. The standard InChI is InChI=1S/C16H18N2O/c1-17-11-13-7-10-15(12-5-3-2-4-6-12)18(16(13)19)14-8-9-14/h2-7,10,14,17H,8-9,11H2,1H3. The van der Waals surface area contributed by atoms with E-state index in [1.165, 1.54) is 0 Å². The van der Waals surface area contributed by atoms with E-state index < -0.39 is 0 Å². The smallest absolute Gasteiger partial charge is 0.255 e. The Hall–Kier alpha value is -1.87. The molecule has 1 heterocycles. The maximum Gasteiger partial charge on any atom is 0.255 e. The zero-order chi connectivity index (χ0) is 13.2. The van der Waals surface area contributed by atoms with E-state index in [1.807, 2.05) is 35.9 Å². The molecule has 1 N–H and O–H groups in total. The molecule has 0 aliphatic heterocycles. The SMILES string of the molecule is CNCc1ccc(-c2ccccc2)n(C2CC2)c1=O. The van der Waals surface area contributed by atoms with Crippen molar-refractivity contribution >= 4 is 0 Å². The summed E-state index contributed by atoms with van der Waals surface area (Å²) in [6.45, 7) is 0.626. The lowest BCUT2D eigenvalue weighted by Crippen LogP contribution is -2.26. The molecule has 0 bridgehead atoms. The minimum Gasteiger partial charge on any atom is -0.315 e. The third-order valence-corrected chi connectivity index (χ3v) is 3.54. The fourth-order valence-electron chi connectivity index (χ4n) is 2.46. The molecule has 0 unspecified atom stereocenters. The maximum atomic E-state index is 12.6. The second kappa shape index (κ2) is 5.02. The zero-order valence-electron chi connectivity index (χ0n) is 11.1. The Balaban J connectivity index is 2.15. The average Bonchev–Trinajstić information content (AvgIpc) is 3.26. The van der Waals surface area contributed by atoms with Crippen LogP contribution in [-0.4, -0.2) is 11.6 Å². The van der Waals surface area contributed by atoms with Crippen molar-refractivity contribution in [3.05, 3.63) is 58.4 Å². The van der Waals surface area contributed by atoms with Crippen molar-refractivity contribution < 1.29 is 0 Å². The molecule has 2 aromatic rings. The summed E-state index contributed by atoms with van der Waals surface area (Å²) in [5.41, 5.74) is 3.14. The Kier molecular flexibility index (Phi) is 3.22. The maximum absolute atomic E-state index is 12.6. The molecule has 3 heteroatoms. The van der Waals surface area contributed by atoms with Crippen LogP contribution in [0, 0.1) is 0 Å².